The second-order valence-corrected chi connectivity index (χ2v) is 3.36. The van der Waals surface area contributed by atoms with Crippen molar-refractivity contribution in [2.45, 2.75) is 12.9 Å². The van der Waals surface area contributed by atoms with Gasteiger partial charge in [0.2, 0.25) is 0 Å². The number of hydrogen-bond donors (Lipinski definition) is 1. The molecule has 0 spiro atoms. The third-order valence-electron chi connectivity index (χ3n) is 1.97. The Kier molecular flexibility index (Phi) is 5.24. The summed E-state index contributed by atoms with van der Waals surface area (Å²) in [7, 11) is 1.60. The van der Waals surface area contributed by atoms with Crippen molar-refractivity contribution in [2.75, 3.05) is 20.3 Å². The maximum Gasteiger partial charge on any atom is 0.573 e. The lowest BCUT2D eigenvalue weighted by atomic mass is 10.2. The lowest BCUT2D eigenvalue weighted by Gasteiger charge is -2.09. The largest absolute Gasteiger partial charge is 0.573 e. The van der Waals surface area contributed by atoms with Crippen molar-refractivity contribution >= 4 is 0 Å². The molecular weight excluding hydrogens is 235 g/mol. The molecule has 0 heterocycles. The van der Waals surface area contributed by atoms with Crippen LogP contribution in [0.2, 0.25) is 0 Å². The van der Waals surface area contributed by atoms with Gasteiger partial charge in [0.05, 0.1) is 6.61 Å². The van der Waals surface area contributed by atoms with Gasteiger partial charge in [-0.3, -0.25) is 0 Å². The molecule has 3 nitrogen and oxygen atoms in total. The normalized spacial score (nSPS) is 11.5. The van der Waals surface area contributed by atoms with E-state index in [9.17, 15) is 13.2 Å². The summed E-state index contributed by atoms with van der Waals surface area (Å²) < 4.78 is 44.2. The lowest BCUT2D eigenvalue weighted by molar-refractivity contribution is -0.274. The quantitative estimate of drug-likeness (QED) is 0.785. The summed E-state index contributed by atoms with van der Waals surface area (Å²) >= 11 is 0. The summed E-state index contributed by atoms with van der Waals surface area (Å²) in [6.45, 7) is 1.86. The highest BCUT2D eigenvalue weighted by atomic mass is 19.4. The maximum absolute atomic E-state index is 11.9. The van der Waals surface area contributed by atoms with E-state index in [1.54, 1.807) is 19.2 Å². The van der Waals surface area contributed by atoms with Gasteiger partial charge in [0.1, 0.15) is 5.75 Å². The summed E-state index contributed by atoms with van der Waals surface area (Å²) in [6.07, 6.45) is -4.64. The Balaban J connectivity index is 2.39. The van der Waals surface area contributed by atoms with Crippen LogP contribution >= 0.6 is 0 Å². The number of alkyl halides is 3. The number of halogens is 3. The topological polar surface area (TPSA) is 30.5 Å². The SMILES string of the molecule is COCCNCc1ccc(OC(F)(F)F)cc1. The average Bonchev–Trinajstić information content (AvgIpc) is 2.25. The standard InChI is InChI=1S/C11H14F3NO2/c1-16-7-6-15-8-9-2-4-10(5-3-9)17-11(12,13)14/h2-5,15H,6-8H2,1H3. The van der Waals surface area contributed by atoms with Gasteiger partial charge in [-0.2, -0.15) is 0 Å². The number of benzene rings is 1. The van der Waals surface area contributed by atoms with E-state index >= 15 is 0 Å². The first kappa shape index (κ1) is 13.8. The first-order chi connectivity index (χ1) is 8.01. The van der Waals surface area contributed by atoms with Crippen molar-refractivity contribution in [1.82, 2.24) is 5.32 Å². The molecule has 0 amide bonds. The highest BCUT2D eigenvalue weighted by molar-refractivity contribution is 5.27. The van der Waals surface area contributed by atoms with Gasteiger partial charge in [0, 0.05) is 20.2 Å². The molecule has 0 aliphatic carbocycles. The number of nitrogens with one attached hydrogen (secondary N) is 1. The number of rotatable bonds is 6. The molecule has 96 valence electrons. The molecule has 0 fully saturated rings. The highest BCUT2D eigenvalue weighted by Gasteiger charge is 2.30. The minimum atomic E-state index is -4.64. The van der Waals surface area contributed by atoms with Crippen LogP contribution in [0, 0.1) is 0 Å². The number of methoxy groups -OCH3 is 1. The van der Waals surface area contributed by atoms with Crippen LogP contribution in [0.4, 0.5) is 13.2 Å². The molecule has 0 atom stereocenters. The minimum absolute atomic E-state index is 0.210. The second-order valence-electron chi connectivity index (χ2n) is 3.36. The molecule has 1 aromatic carbocycles. The smallest absolute Gasteiger partial charge is 0.406 e. The fraction of sp³-hybridized carbons (Fsp3) is 0.455. The molecule has 6 heteroatoms. The zero-order valence-electron chi connectivity index (χ0n) is 9.38. The zero-order chi connectivity index (χ0) is 12.7. The van der Waals surface area contributed by atoms with E-state index in [1.807, 2.05) is 0 Å². The van der Waals surface area contributed by atoms with Crippen LogP contribution in [0.5, 0.6) is 5.75 Å². The molecule has 0 saturated heterocycles. The van der Waals surface area contributed by atoms with Gasteiger partial charge in [-0.25, -0.2) is 0 Å². The third kappa shape index (κ3) is 6.13. The van der Waals surface area contributed by atoms with Crippen molar-refractivity contribution in [1.29, 1.82) is 0 Å². The van der Waals surface area contributed by atoms with Gasteiger partial charge >= 0.3 is 6.36 Å². The van der Waals surface area contributed by atoms with E-state index in [-0.39, 0.29) is 5.75 Å². The molecule has 1 N–H and O–H groups in total. The van der Waals surface area contributed by atoms with Gasteiger partial charge in [-0.05, 0) is 17.7 Å². The predicted octanol–water partition coefficient (Wildman–Crippen LogP) is 2.32. The van der Waals surface area contributed by atoms with Gasteiger partial charge < -0.3 is 14.8 Å². The van der Waals surface area contributed by atoms with Crippen LogP contribution in [0.3, 0.4) is 0 Å². The van der Waals surface area contributed by atoms with E-state index in [0.29, 0.717) is 19.7 Å². The molecule has 0 aromatic heterocycles. The van der Waals surface area contributed by atoms with Crippen molar-refractivity contribution in [3.8, 4) is 5.75 Å². The van der Waals surface area contributed by atoms with Crippen molar-refractivity contribution in [2.24, 2.45) is 0 Å². The Morgan fingerprint density at radius 1 is 1.18 bits per heavy atom. The van der Waals surface area contributed by atoms with Gasteiger partial charge in [0.25, 0.3) is 0 Å². The maximum atomic E-state index is 11.9. The molecule has 0 aliphatic heterocycles. The summed E-state index contributed by atoms with van der Waals surface area (Å²) in [5.41, 5.74) is 0.885. The Bertz CT molecular complexity index is 324. The Hall–Kier alpha value is -1.27. The van der Waals surface area contributed by atoms with Crippen LogP contribution in [0.25, 0.3) is 0 Å². The van der Waals surface area contributed by atoms with Crippen LogP contribution in [0.15, 0.2) is 24.3 Å². The van der Waals surface area contributed by atoms with E-state index < -0.39 is 6.36 Å². The molecular formula is C11H14F3NO2. The second kappa shape index (κ2) is 6.46. The van der Waals surface area contributed by atoms with E-state index in [1.165, 1.54) is 12.1 Å². The van der Waals surface area contributed by atoms with E-state index in [0.717, 1.165) is 5.56 Å². The predicted molar refractivity (Wildman–Crippen MR) is 56.7 cm³/mol. The lowest BCUT2D eigenvalue weighted by Crippen LogP contribution is -2.19. The summed E-state index contributed by atoms with van der Waals surface area (Å²) in [4.78, 5) is 0. The molecule has 0 bridgehead atoms. The van der Waals surface area contributed by atoms with Crippen molar-refractivity contribution in [3.05, 3.63) is 29.8 Å². The third-order valence-corrected chi connectivity index (χ3v) is 1.97. The average molecular weight is 249 g/mol. The van der Waals surface area contributed by atoms with Crippen LogP contribution < -0.4 is 10.1 Å². The fourth-order valence-corrected chi connectivity index (χ4v) is 1.22. The zero-order valence-corrected chi connectivity index (χ0v) is 9.38. The molecule has 17 heavy (non-hydrogen) atoms. The van der Waals surface area contributed by atoms with Crippen LogP contribution in [-0.4, -0.2) is 26.6 Å². The minimum Gasteiger partial charge on any atom is -0.406 e. The summed E-state index contributed by atoms with van der Waals surface area (Å²) in [5, 5.41) is 3.08. The van der Waals surface area contributed by atoms with Crippen LogP contribution in [0.1, 0.15) is 5.56 Å². The van der Waals surface area contributed by atoms with Crippen LogP contribution in [-0.2, 0) is 11.3 Å². The summed E-state index contributed by atoms with van der Waals surface area (Å²) in [5.74, 6) is -0.210. The molecule has 0 radical (unpaired) electrons. The van der Waals surface area contributed by atoms with Crippen molar-refractivity contribution in [3.63, 3.8) is 0 Å². The van der Waals surface area contributed by atoms with E-state index in [4.69, 9.17) is 4.74 Å². The summed E-state index contributed by atoms with van der Waals surface area (Å²) in [6, 6.07) is 5.75. The first-order valence-electron chi connectivity index (χ1n) is 5.05. The Labute approximate surface area is 97.5 Å². The number of hydrogen-bond acceptors (Lipinski definition) is 3. The molecule has 1 rings (SSSR count). The first-order valence-corrected chi connectivity index (χ1v) is 5.05. The Morgan fingerprint density at radius 3 is 2.35 bits per heavy atom. The van der Waals surface area contributed by atoms with E-state index in [2.05, 4.69) is 10.1 Å². The Morgan fingerprint density at radius 2 is 1.82 bits per heavy atom. The fourth-order valence-electron chi connectivity index (χ4n) is 1.22. The monoisotopic (exact) mass is 249 g/mol. The number of ether oxygens (including phenoxy) is 2. The molecule has 0 aliphatic rings. The highest BCUT2D eigenvalue weighted by Crippen LogP contribution is 2.22. The van der Waals surface area contributed by atoms with Gasteiger partial charge in [0.15, 0.2) is 0 Å². The molecule has 0 saturated carbocycles. The molecule has 1 aromatic rings. The van der Waals surface area contributed by atoms with Gasteiger partial charge in [-0.1, -0.05) is 12.1 Å². The van der Waals surface area contributed by atoms with Gasteiger partial charge in [-0.15, -0.1) is 13.2 Å². The van der Waals surface area contributed by atoms with Crippen molar-refractivity contribution < 1.29 is 22.6 Å². The molecule has 0 unspecified atom stereocenters.